The molecule has 1 aromatic rings. The predicted octanol–water partition coefficient (Wildman–Crippen LogP) is 1.28. The Kier molecular flexibility index (Phi) is 5.85. The van der Waals surface area contributed by atoms with Crippen molar-refractivity contribution in [3.05, 3.63) is 29.3 Å². The fourth-order valence-electron chi connectivity index (χ4n) is 3.60. The highest BCUT2D eigenvalue weighted by Gasteiger charge is 2.38. The number of piperidine rings is 1. The zero-order valence-corrected chi connectivity index (χ0v) is 16.8. The first-order valence-corrected chi connectivity index (χ1v) is 11.0. The van der Waals surface area contributed by atoms with Crippen LogP contribution in [0.1, 0.15) is 60.2 Å². The molecular formula is C19H25N3O5S. The van der Waals surface area contributed by atoms with Crippen LogP contribution in [-0.4, -0.2) is 49.6 Å². The maximum absolute atomic E-state index is 13.2. The van der Waals surface area contributed by atoms with E-state index in [2.05, 4.69) is 10.6 Å². The monoisotopic (exact) mass is 407 g/mol. The number of nitrogens with one attached hydrogen (secondary N) is 2. The molecule has 0 radical (unpaired) electrons. The van der Waals surface area contributed by atoms with Crippen LogP contribution < -0.4 is 10.6 Å². The minimum atomic E-state index is -3.90. The highest BCUT2D eigenvalue weighted by Crippen LogP contribution is 2.30. The Bertz CT molecular complexity index is 912. The summed E-state index contributed by atoms with van der Waals surface area (Å²) in [6, 6.07) is 3.67. The Morgan fingerprint density at radius 1 is 1.21 bits per heavy atom. The number of carbonyl (C=O) groups excluding carboxylic acids is 3. The average Bonchev–Trinajstić information content (AvgIpc) is 2.95. The van der Waals surface area contributed by atoms with Gasteiger partial charge in [0.05, 0.1) is 21.9 Å². The molecule has 1 fully saturated rings. The van der Waals surface area contributed by atoms with Crippen molar-refractivity contribution >= 4 is 27.7 Å². The number of imide groups is 1. The number of hydrogen-bond donors (Lipinski definition) is 2. The van der Waals surface area contributed by atoms with Crippen molar-refractivity contribution in [1.82, 2.24) is 14.9 Å². The van der Waals surface area contributed by atoms with Crippen molar-refractivity contribution in [1.29, 1.82) is 0 Å². The number of carbonyl (C=O) groups is 3. The van der Waals surface area contributed by atoms with Gasteiger partial charge in [0, 0.05) is 19.1 Å². The molecule has 1 saturated heterocycles. The zero-order valence-electron chi connectivity index (χ0n) is 16.0. The standard InChI is InChI=1S/C19H25N3O5S/c1-3-4-9-20-17(23)13-6-5-12(2)22(11-13)28(26,27)14-7-8-15-16(10-14)19(25)21-18(15)24/h7-8,10,12-13H,3-6,9,11H2,1-2H3,(H,20,23)(H,21,24,25). The zero-order chi connectivity index (χ0) is 20.5. The molecule has 2 aliphatic heterocycles. The maximum Gasteiger partial charge on any atom is 0.258 e. The third kappa shape index (κ3) is 3.81. The van der Waals surface area contributed by atoms with Gasteiger partial charge < -0.3 is 5.32 Å². The maximum atomic E-state index is 13.2. The summed E-state index contributed by atoms with van der Waals surface area (Å²) in [5.74, 6) is -1.65. The van der Waals surface area contributed by atoms with E-state index in [-0.39, 0.29) is 34.5 Å². The highest BCUT2D eigenvalue weighted by molar-refractivity contribution is 7.89. The lowest BCUT2D eigenvalue weighted by molar-refractivity contribution is -0.126. The van der Waals surface area contributed by atoms with Crippen LogP contribution >= 0.6 is 0 Å². The number of sulfonamides is 1. The molecule has 2 N–H and O–H groups in total. The van der Waals surface area contributed by atoms with Crippen LogP contribution in [0.4, 0.5) is 0 Å². The number of unbranched alkanes of at least 4 members (excludes halogenated alkanes) is 1. The van der Waals surface area contributed by atoms with E-state index in [0.29, 0.717) is 19.4 Å². The van der Waals surface area contributed by atoms with Crippen LogP contribution in [0.2, 0.25) is 0 Å². The minimum Gasteiger partial charge on any atom is -0.356 e. The quantitative estimate of drug-likeness (QED) is 0.545. The molecule has 0 saturated carbocycles. The van der Waals surface area contributed by atoms with Crippen molar-refractivity contribution in [3.8, 4) is 0 Å². The SMILES string of the molecule is CCCCNC(=O)C1CCC(C)N(S(=O)(=O)c2ccc3c(c2)C(=O)NC3=O)C1. The molecule has 2 atom stereocenters. The molecule has 9 heteroatoms. The largest absolute Gasteiger partial charge is 0.356 e. The second-order valence-electron chi connectivity index (χ2n) is 7.33. The van der Waals surface area contributed by atoms with Crippen molar-refractivity contribution < 1.29 is 22.8 Å². The van der Waals surface area contributed by atoms with Crippen LogP contribution in [0.3, 0.4) is 0 Å². The van der Waals surface area contributed by atoms with Gasteiger partial charge in [0.15, 0.2) is 0 Å². The number of benzene rings is 1. The molecule has 2 unspecified atom stereocenters. The van der Waals surface area contributed by atoms with E-state index in [9.17, 15) is 22.8 Å². The minimum absolute atomic E-state index is 0.0463. The summed E-state index contributed by atoms with van der Waals surface area (Å²) in [4.78, 5) is 35.9. The van der Waals surface area contributed by atoms with Crippen LogP contribution in [-0.2, 0) is 14.8 Å². The lowest BCUT2D eigenvalue weighted by atomic mass is 9.94. The highest BCUT2D eigenvalue weighted by atomic mass is 32.2. The molecule has 0 aromatic heterocycles. The Labute approximate surface area is 164 Å². The van der Waals surface area contributed by atoms with Crippen molar-refractivity contribution in [2.75, 3.05) is 13.1 Å². The summed E-state index contributed by atoms with van der Waals surface area (Å²) in [6.45, 7) is 4.53. The molecule has 1 aromatic carbocycles. The third-order valence-electron chi connectivity index (χ3n) is 5.34. The number of nitrogens with zero attached hydrogens (tertiary/aromatic N) is 1. The molecule has 8 nitrogen and oxygen atoms in total. The van der Waals surface area contributed by atoms with Crippen LogP contribution in [0.5, 0.6) is 0 Å². The summed E-state index contributed by atoms with van der Waals surface area (Å²) < 4.78 is 27.7. The predicted molar refractivity (Wildman–Crippen MR) is 102 cm³/mol. The molecule has 2 aliphatic rings. The van der Waals surface area contributed by atoms with Gasteiger partial charge in [0.2, 0.25) is 15.9 Å². The Hall–Kier alpha value is -2.26. The van der Waals surface area contributed by atoms with Gasteiger partial charge in [-0.05, 0) is 44.4 Å². The lowest BCUT2D eigenvalue weighted by Crippen LogP contribution is -2.49. The molecule has 3 amide bonds. The third-order valence-corrected chi connectivity index (χ3v) is 7.32. The average molecular weight is 407 g/mol. The summed E-state index contributed by atoms with van der Waals surface area (Å²) in [6.07, 6.45) is 3.06. The fourth-order valence-corrected chi connectivity index (χ4v) is 5.33. The Morgan fingerprint density at radius 3 is 2.64 bits per heavy atom. The molecule has 0 bridgehead atoms. The topological polar surface area (TPSA) is 113 Å². The molecular weight excluding hydrogens is 382 g/mol. The first kappa shape index (κ1) is 20.5. The summed E-state index contributed by atoms with van der Waals surface area (Å²) >= 11 is 0. The smallest absolute Gasteiger partial charge is 0.258 e. The van der Waals surface area contributed by atoms with Gasteiger partial charge in [-0.15, -0.1) is 0 Å². The second kappa shape index (κ2) is 8.00. The number of amides is 3. The van der Waals surface area contributed by atoms with Gasteiger partial charge in [-0.1, -0.05) is 13.3 Å². The van der Waals surface area contributed by atoms with E-state index in [1.807, 2.05) is 13.8 Å². The van der Waals surface area contributed by atoms with E-state index < -0.39 is 27.8 Å². The second-order valence-corrected chi connectivity index (χ2v) is 9.22. The number of hydrogen-bond acceptors (Lipinski definition) is 5. The van der Waals surface area contributed by atoms with Gasteiger partial charge in [0.25, 0.3) is 11.8 Å². The van der Waals surface area contributed by atoms with Crippen LogP contribution in [0, 0.1) is 5.92 Å². The molecule has 0 spiro atoms. The fraction of sp³-hybridized carbons (Fsp3) is 0.526. The summed E-state index contributed by atoms with van der Waals surface area (Å²) in [5, 5.41) is 5.03. The van der Waals surface area contributed by atoms with Crippen molar-refractivity contribution in [2.24, 2.45) is 5.92 Å². The number of rotatable bonds is 6. The molecule has 28 heavy (non-hydrogen) atoms. The normalized spacial score (nSPS) is 22.6. The van der Waals surface area contributed by atoms with Gasteiger partial charge >= 0.3 is 0 Å². The van der Waals surface area contributed by atoms with E-state index >= 15 is 0 Å². The molecule has 152 valence electrons. The van der Waals surface area contributed by atoms with Gasteiger partial charge in [-0.25, -0.2) is 8.42 Å². The Balaban J connectivity index is 1.82. The molecule has 0 aliphatic carbocycles. The van der Waals surface area contributed by atoms with E-state index in [0.717, 1.165) is 12.8 Å². The van der Waals surface area contributed by atoms with Gasteiger partial charge in [0.1, 0.15) is 0 Å². The lowest BCUT2D eigenvalue weighted by Gasteiger charge is -2.36. The number of fused-ring (bicyclic) bond motifs is 1. The van der Waals surface area contributed by atoms with E-state index in [1.54, 1.807) is 0 Å². The van der Waals surface area contributed by atoms with Crippen molar-refractivity contribution in [2.45, 2.75) is 50.5 Å². The molecule has 3 rings (SSSR count). The van der Waals surface area contributed by atoms with E-state index in [1.165, 1.54) is 22.5 Å². The van der Waals surface area contributed by atoms with E-state index in [4.69, 9.17) is 0 Å². The van der Waals surface area contributed by atoms with Crippen molar-refractivity contribution in [3.63, 3.8) is 0 Å². The van der Waals surface area contributed by atoms with Gasteiger partial charge in [-0.3, -0.25) is 19.7 Å². The summed E-state index contributed by atoms with van der Waals surface area (Å²) in [5.41, 5.74) is 0.230. The first-order chi connectivity index (χ1) is 13.3. The van der Waals surface area contributed by atoms with Crippen LogP contribution in [0.25, 0.3) is 0 Å². The molecule has 2 heterocycles. The van der Waals surface area contributed by atoms with Gasteiger partial charge in [-0.2, -0.15) is 4.31 Å². The van der Waals surface area contributed by atoms with Crippen LogP contribution in [0.15, 0.2) is 23.1 Å². The first-order valence-electron chi connectivity index (χ1n) is 9.55. The Morgan fingerprint density at radius 2 is 1.93 bits per heavy atom. The summed E-state index contributed by atoms with van der Waals surface area (Å²) in [7, 11) is -3.90.